The third kappa shape index (κ3) is 3.71. The molecule has 110 valence electrons. The minimum atomic E-state index is -3.47. The molecule has 1 aromatic rings. The van der Waals surface area contributed by atoms with Crippen molar-refractivity contribution in [2.45, 2.75) is 18.2 Å². The van der Waals surface area contributed by atoms with Crippen LogP contribution in [0.1, 0.15) is 12.0 Å². The number of hydrogen-bond donors (Lipinski definition) is 1. The average Bonchev–Trinajstić information content (AvgIpc) is 2.81. The van der Waals surface area contributed by atoms with E-state index in [2.05, 4.69) is 4.72 Å². The Hall–Kier alpha value is -1.60. The number of hydrogen-bond acceptors (Lipinski definition) is 4. The van der Waals surface area contributed by atoms with E-state index < -0.39 is 10.0 Å². The summed E-state index contributed by atoms with van der Waals surface area (Å²) in [6.45, 7) is 3.67. The molecule has 2 rings (SSSR count). The van der Waals surface area contributed by atoms with Crippen molar-refractivity contribution in [3.05, 3.63) is 29.8 Å². The van der Waals surface area contributed by atoms with Crippen molar-refractivity contribution < 1.29 is 17.9 Å². The molecule has 0 saturated carbocycles. The minimum absolute atomic E-state index is 0.253. The van der Waals surface area contributed by atoms with Crippen molar-refractivity contribution in [3.8, 4) is 0 Å². The van der Waals surface area contributed by atoms with Crippen LogP contribution in [0.25, 0.3) is 0 Å². The van der Waals surface area contributed by atoms with Crippen LogP contribution in [-0.2, 0) is 14.8 Å². The molecule has 0 aromatic heterocycles. The van der Waals surface area contributed by atoms with E-state index in [1.807, 2.05) is 6.92 Å². The molecule has 1 fully saturated rings. The van der Waals surface area contributed by atoms with Crippen LogP contribution >= 0.6 is 0 Å². The molecule has 1 amide bonds. The van der Waals surface area contributed by atoms with Crippen LogP contribution in [0.5, 0.6) is 0 Å². The fraction of sp³-hybridized carbons (Fsp3) is 0.462. The molecule has 1 N–H and O–H groups in total. The van der Waals surface area contributed by atoms with Crippen LogP contribution < -0.4 is 4.72 Å². The number of sulfonamides is 1. The third-order valence-corrected chi connectivity index (χ3v) is 4.55. The first-order chi connectivity index (χ1) is 9.49. The molecular weight excluding hydrogens is 280 g/mol. The van der Waals surface area contributed by atoms with Gasteiger partial charge in [-0.15, -0.1) is 0 Å². The number of carbonyl (C=O) groups is 1. The van der Waals surface area contributed by atoms with Crippen LogP contribution in [0, 0.1) is 6.92 Å². The molecule has 1 heterocycles. The number of nitrogens with one attached hydrogen (secondary N) is 1. The van der Waals surface area contributed by atoms with Crippen LogP contribution in [0.4, 0.5) is 4.79 Å². The molecular formula is C13H18N2O4S. The molecule has 7 heteroatoms. The van der Waals surface area contributed by atoms with Gasteiger partial charge in [-0.05, 0) is 25.5 Å². The molecule has 1 aliphatic rings. The Morgan fingerprint density at radius 2 is 2.00 bits per heavy atom. The Morgan fingerprint density at radius 3 is 2.60 bits per heavy atom. The smallest absolute Gasteiger partial charge is 0.409 e. The molecule has 0 bridgehead atoms. The van der Waals surface area contributed by atoms with Gasteiger partial charge in [0.2, 0.25) is 10.0 Å². The highest BCUT2D eigenvalue weighted by atomic mass is 32.2. The highest BCUT2D eigenvalue weighted by molar-refractivity contribution is 7.89. The monoisotopic (exact) mass is 298 g/mol. The van der Waals surface area contributed by atoms with E-state index in [1.165, 1.54) is 0 Å². The Morgan fingerprint density at radius 1 is 1.30 bits per heavy atom. The van der Waals surface area contributed by atoms with E-state index in [0.29, 0.717) is 32.7 Å². The molecule has 0 unspecified atom stereocenters. The van der Waals surface area contributed by atoms with Gasteiger partial charge in [0.25, 0.3) is 0 Å². The van der Waals surface area contributed by atoms with Gasteiger partial charge in [0.05, 0.1) is 11.4 Å². The standard InChI is InChI=1S/C13H18N2O4S/c1-11-3-5-12(6-4-11)20(17,18)14-7-2-8-15-9-10-19-13(15)16/h3-6,14H,2,7-10H2,1H3. The summed E-state index contributed by atoms with van der Waals surface area (Å²) in [5.41, 5.74) is 1.01. The highest BCUT2D eigenvalue weighted by Crippen LogP contribution is 2.10. The zero-order chi connectivity index (χ0) is 14.6. The number of rotatable bonds is 6. The highest BCUT2D eigenvalue weighted by Gasteiger charge is 2.21. The third-order valence-electron chi connectivity index (χ3n) is 3.07. The van der Waals surface area contributed by atoms with Gasteiger partial charge in [0.1, 0.15) is 6.61 Å². The quantitative estimate of drug-likeness (QED) is 0.798. The molecule has 0 aliphatic carbocycles. The maximum Gasteiger partial charge on any atom is 0.409 e. The number of amides is 1. The lowest BCUT2D eigenvalue weighted by Gasteiger charge is -2.12. The minimum Gasteiger partial charge on any atom is -0.448 e. The maximum atomic E-state index is 12.0. The average molecular weight is 298 g/mol. The number of benzene rings is 1. The van der Waals surface area contributed by atoms with Gasteiger partial charge in [0, 0.05) is 13.1 Å². The van der Waals surface area contributed by atoms with Gasteiger partial charge < -0.3 is 9.64 Å². The van der Waals surface area contributed by atoms with Crippen molar-refractivity contribution in [1.82, 2.24) is 9.62 Å². The fourth-order valence-electron chi connectivity index (χ4n) is 1.91. The molecule has 0 spiro atoms. The lowest BCUT2D eigenvalue weighted by Crippen LogP contribution is -2.30. The first kappa shape index (κ1) is 14.8. The summed E-state index contributed by atoms with van der Waals surface area (Å²) in [5.74, 6) is 0. The van der Waals surface area contributed by atoms with Crippen molar-refractivity contribution in [2.75, 3.05) is 26.2 Å². The van der Waals surface area contributed by atoms with Gasteiger partial charge in [-0.3, -0.25) is 0 Å². The topological polar surface area (TPSA) is 75.7 Å². The second-order valence-electron chi connectivity index (χ2n) is 4.67. The van der Waals surface area contributed by atoms with Gasteiger partial charge in [-0.1, -0.05) is 17.7 Å². The van der Waals surface area contributed by atoms with E-state index in [-0.39, 0.29) is 11.0 Å². The summed E-state index contributed by atoms with van der Waals surface area (Å²) >= 11 is 0. The summed E-state index contributed by atoms with van der Waals surface area (Å²) in [5, 5.41) is 0. The first-order valence-corrected chi connectivity index (χ1v) is 7.95. The van der Waals surface area contributed by atoms with Crippen molar-refractivity contribution in [2.24, 2.45) is 0 Å². The molecule has 1 aliphatic heterocycles. The van der Waals surface area contributed by atoms with Crippen LogP contribution in [0.2, 0.25) is 0 Å². The molecule has 1 aromatic carbocycles. The number of aryl methyl sites for hydroxylation is 1. The van der Waals surface area contributed by atoms with Gasteiger partial charge >= 0.3 is 6.09 Å². The van der Waals surface area contributed by atoms with Gasteiger partial charge in [-0.25, -0.2) is 17.9 Å². The lowest BCUT2D eigenvalue weighted by atomic mass is 10.2. The SMILES string of the molecule is Cc1ccc(S(=O)(=O)NCCCN2CCOC2=O)cc1. The van der Waals surface area contributed by atoms with E-state index in [9.17, 15) is 13.2 Å². The van der Waals surface area contributed by atoms with E-state index >= 15 is 0 Å². The van der Waals surface area contributed by atoms with Crippen molar-refractivity contribution in [3.63, 3.8) is 0 Å². The molecule has 0 radical (unpaired) electrons. The van der Waals surface area contributed by atoms with E-state index in [1.54, 1.807) is 29.2 Å². The van der Waals surface area contributed by atoms with Crippen LogP contribution in [-0.4, -0.2) is 45.7 Å². The molecule has 6 nitrogen and oxygen atoms in total. The largest absolute Gasteiger partial charge is 0.448 e. The Bertz CT molecular complexity index is 569. The van der Waals surface area contributed by atoms with Crippen molar-refractivity contribution in [1.29, 1.82) is 0 Å². The first-order valence-electron chi connectivity index (χ1n) is 6.47. The number of ether oxygens (including phenoxy) is 1. The van der Waals surface area contributed by atoms with Crippen molar-refractivity contribution >= 4 is 16.1 Å². The predicted molar refractivity (Wildman–Crippen MR) is 73.9 cm³/mol. The number of nitrogens with zero attached hydrogens (tertiary/aromatic N) is 1. The summed E-state index contributed by atoms with van der Waals surface area (Å²) in [4.78, 5) is 13.0. The Labute approximate surface area is 118 Å². The zero-order valence-corrected chi connectivity index (χ0v) is 12.1. The van der Waals surface area contributed by atoms with E-state index in [0.717, 1.165) is 5.56 Å². The fourth-order valence-corrected chi connectivity index (χ4v) is 2.98. The van der Waals surface area contributed by atoms with Gasteiger partial charge in [0.15, 0.2) is 0 Å². The summed E-state index contributed by atoms with van der Waals surface area (Å²) < 4.78 is 31.3. The summed E-state index contributed by atoms with van der Waals surface area (Å²) in [6, 6.07) is 6.68. The summed E-state index contributed by atoms with van der Waals surface area (Å²) in [6.07, 6.45) is 0.228. The molecule has 0 atom stereocenters. The second-order valence-corrected chi connectivity index (χ2v) is 6.43. The summed E-state index contributed by atoms with van der Waals surface area (Å²) in [7, 11) is -3.47. The maximum absolute atomic E-state index is 12.0. The van der Waals surface area contributed by atoms with Crippen LogP contribution in [0.15, 0.2) is 29.2 Å². The normalized spacial score (nSPS) is 15.4. The number of carbonyl (C=O) groups excluding carboxylic acids is 1. The van der Waals surface area contributed by atoms with Gasteiger partial charge in [-0.2, -0.15) is 0 Å². The second kappa shape index (κ2) is 6.23. The Balaban J connectivity index is 1.80. The Kier molecular flexibility index (Phi) is 4.61. The van der Waals surface area contributed by atoms with Crippen LogP contribution in [0.3, 0.4) is 0 Å². The lowest BCUT2D eigenvalue weighted by molar-refractivity contribution is 0.158. The molecule has 20 heavy (non-hydrogen) atoms. The molecule has 1 saturated heterocycles. The zero-order valence-electron chi connectivity index (χ0n) is 11.3. The predicted octanol–water partition coefficient (Wildman–Crippen LogP) is 1.12. The van der Waals surface area contributed by atoms with E-state index in [4.69, 9.17) is 4.74 Å². The number of cyclic esters (lactones) is 1.